The second-order valence-corrected chi connectivity index (χ2v) is 9.55. The molecule has 1 aliphatic rings. The van der Waals surface area contributed by atoms with Gasteiger partial charge in [0.1, 0.15) is 17.9 Å². The van der Waals surface area contributed by atoms with E-state index in [4.69, 9.17) is 4.74 Å². The molecule has 2 aromatic heterocycles. The zero-order chi connectivity index (χ0) is 29.0. The molecule has 1 aliphatic carbocycles. The van der Waals surface area contributed by atoms with E-state index in [0.29, 0.717) is 47.5 Å². The molecule has 1 atom stereocenters. The molecule has 4 rings (SSSR count). The van der Waals surface area contributed by atoms with Crippen LogP contribution in [-0.2, 0) is 14.3 Å². The average molecular weight is 553 g/mol. The molecule has 3 aromatic rings. The van der Waals surface area contributed by atoms with E-state index < -0.39 is 30.9 Å². The number of nitrogens with zero attached hydrogens (tertiary/aromatic N) is 4. The maximum absolute atomic E-state index is 13.5. The molecule has 40 heavy (non-hydrogen) atoms. The van der Waals surface area contributed by atoms with Gasteiger partial charge in [-0.05, 0) is 63.3 Å². The number of carbonyl (C=O) groups is 4. The van der Waals surface area contributed by atoms with E-state index in [-0.39, 0.29) is 17.5 Å². The quantitative estimate of drug-likeness (QED) is 0.252. The first-order valence-electron chi connectivity index (χ1n) is 13.0. The summed E-state index contributed by atoms with van der Waals surface area (Å²) in [7, 11) is 0. The van der Waals surface area contributed by atoms with Crippen LogP contribution in [-0.4, -0.2) is 74.0 Å². The molecule has 13 heteroatoms. The molecular formula is C27H32N6O7. The lowest BCUT2D eigenvalue weighted by atomic mass is 10.1. The van der Waals surface area contributed by atoms with Crippen LogP contribution in [0.4, 0.5) is 16.3 Å². The second kappa shape index (κ2) is 12.1. The average Bonchev–Trinajstić information content (AvgIpc) is 3.70. The van der Waals surface area contributed by atoms with Gasteiger partial charge in [0.15, 0.2) is 5.82 Å². The molecule has 1 saturated carbocycles. The van der Waals surface area contributed by atoms with Crippen LogP contribution in [0.5, 0.6) is 0 Å². The van der Waals surface area contributed by atoms with E-state index >= 15 is 0 Å². The Labute approximate surface area is 230 Å². The van der Waals surface area contributed by atoms with Crippen LogP contribution in [0, 0.1) is 13.8 Å². The molecule has 3 N–H and O–H groups in total. The third-order valence-corrected chi connectivity index (χ3v) is 6.40. The van der Waals surface area contributed by atoms with Crippen LogP contribution in [0.25, 0.3) is 5.52 Å². The number of hydrogen-bond acceptors (Lipinski definition) is 10. The van der Waals surface area contributed by atoms with Crippen molar-refractivity contribution in [2.45, 2.75) is 59.1 Å². The van der Waals surface area contributed by atoms with Crippen molar-refractivity contribution in [1.82, 2.24) is 24.8 Å². The Bertz CT molecular complexity index is 1450. The number of imide groups is 1. The first-order chi connectivity index (χ1) is 19.1. The number of anilines is 2. The van der Waals surface area contributed by atoms with Crippen molar-refractivity contribution in [1.29, 1.82) is 0 Å². The minimum Gasteiger partial charge on any atom is -0.426 e. The number of esters is 1. The third kappa shape index (κ3) is 6.20. The van der Waals surface area contributed by atoms with Gasteiger partial charge in [-0.3, -0.25) is 9.59 Å². The van der Waals surface area contributed by atoms with Crippen molar-refractivity contribution in [3.05, 3.63) is 53.0 Å². The highest BCUT2D eigenvalue weighted by molar-refractivity contribution is 6.06. The predicted molar refractivity (Wildman–Crippen MR) is 143 cm³/mol. The van der Waals surface area contributed by atoms with Gasteiger partial charge in [0.2, 0.25) is 6.79 Å². The van der Waals surface area contributed by atoms with Gasteiger partial charge < -0.3 is 25.2 Å². The molecule has 0 aliphatic heterocycles. The molecule has 212 valence electrons. The maximum Gasteiger partial charge on any atom is 0.419 e. The number of fused-ring (bicyclic) bond motifs is 1. The normalized spacial score (nSPS) is 13.4. The first kappa shape index (κ1) is 28.5. The van der Waals surface area contributed by atoms with E-state index in [9.17, 15) is 24.3 Å². The Morgan fingerprint density at radius 3 is 2.62 bits per heavy atom. The van der Waals surface area contributed by atoms with Crippen LogP contribution < -0.4 is 10.6 Å². The topological polar surface area (TPSA) is 164 Å². The second-order valence-electron chi connectivity index (χ2n) is 9.55. The summed E-state index contributed by atoms with van der Waals surface area (Å²) in [4.78, 5) is 55.6. The lowest BCUT2D eigenvalue weighted by Crippen LogP contribution is -2.40. The van der Waals surface area contributed by atoms with Crippen molar-refractivity contribution in [2.24, 2.45) is 0 Å². The lowest BCUT2D eigenvalue weighted by Gasteiger charge is -2.20. The monoisotopic (exact) mass is 552 g/mol. The van der Waals surface area contributed by atoms with Crippen molar-refractivity contribution >= 4 is 40.9 Å². The van der Waals surface area contributed by atoms with Gasteiger partial charge in [-0.15, -0.1) is 0 Å². The van der Waals surface area contributed by atoms with Gasteiger partial charge in [-0.1, -0.05) is 13.0 Å². The molecule has 1 aromatic carbocycles. The number of carbonyl (C=O) groups excluding carboxylic acids is 4. The molecule has 0 saturated heterocycles. The molecule has 1 unspecified atom stereocenters. The first-order valence-corrected chi connectivity index (χ1v) is 13.0. The molecule has 1 fully saturated rings. The zero-order valence-electron chi connectivity index (χ0n) is 22.8. The van der Waals surface area contributed by atoms with Crippen molar-refractivity contribution in [3.8, 4) is 0 Å². The molecular weight excluding hydrogens is 520 g/mol. The Morgan fingerprint density at radius 2 is 1.95 bits per heavy atom. The highest BCUT2D eigenvalue weighted by Crippen LogP contribution is 2.32. The summed E-state index contributed by atoms with van der Waals surface area (Å²) >= 11 is 0. The number of aliphatic hydroxyl groups excluding tert-OH is 1. The smallest absolute Gasteiger partial charge is 0.419 e. The lowest BCUT2D eigenvalue weighted by molar-refractivity contribution is -0.161. The fraction of sp³-hybridized carbons (Fsp3) is 0.407. The van der Waals surface area contributed by atoms with Gasteiger partial charge in [-0.2, -0.15) is 5.10 Å². The standard InChI is InChI=1S/C27H32N6O7/c1-5-10-28-24(35)18-7-6-15(2)21(11-18)31-23-22-16(3)20(12-32(22)30-13-29-23)25(36)33(19-8-9-19)27(38)40-14-39-26(37)17(4)34/h6-7,11-13,17,19,34H,5,8-10,14H2,1-4H3,(H,28,35)(H,29,30,31). The van der Waals surface area contributed by atoms with Crippen LogP contribution >= 0.6 is 0 Å². The maximum atomic E-state index is 13.5. The summed E-state index contributed by atoms with van der Waals surface area (Å²) in [6.45, 7) is 6.65. The summed E-state index contributed by atoms with van der Waals surface area (Å²) in [5.41, 5.74) is 3.30. The highest BCUT2D eigenvalue weighted by atomic mass is 16.7. The molecule has 3 amide bonds. The fourth-order valence-electron chi connectivity index (χ4n) is 4.02. The molecule has 13 nitrogen and oxygen atoms in total. The molecule has 0 bridgehead atoms. The third-order valence-electron chi connectivity index (χ3n) is 6.40. The summed E-state index contributed by atoms with van der Waals surface area (Å²) in [5.74, 6) is -1.31. The van der Waals surface area contributed by atoms with Gasteiger partial charge in [0.05, 0.1) is 5.56 Å². The van der Waals surface area contributed by atoms with Crippen LogP contribution in [0.2, 0.25) is 0 Å². The summed E-state index contributed by atoms with van der Waals surface area (Å²) < 4.78 is 11.2. The Morgan fingerprint density at radius 1 is 1.20 bits per heavy atom. The van der Waals surface area contributed by atoms with Gasteiger partial charge in [0.25, 0.3) is 11.8 Å². The largest absolute Gasteiger partial charge is 0.426 e. The highest BCUT2D eigenvalue weighted by Gasteiger charge is 2.40. The van der Waals surface area contributed by atoms with E-state index in [0.717, 1.165) is 16.9 Å². The number of benzene rings is 1. The Kier molecular flexibility index (Phi) is 8.63. The Balaban J connectivity index is 1.59. The SMILES string of the molecule is CCCNC(=O)c1ccc(C)c(Nc2ncnn3cc(C(=O)N(C(=O)OCOC(=O)C(C)O)C4CC4)c(C)c23)c1. The van der Waals surface area contributed by atoms with Crippen LogP contribution in [0.3, 0.4) is 0 Å². The fourth-order valence-corrected chi connectivity index (χ4v) is 4.02. The van der Waals surface area contributed by atoms with Crippen LogP contribution in [0.15, 0.2) is 30.7 Å². The minimum absolute atomic E-state index is 0.183. The van der Waals surface area contributed by atoms with E-state index in [1.807, 2.05) is 19.9 Å². The van der Waals surface area contributed by atoms with E-state index in [2.05, 4.69) is 25.5 Å². The molecule has 0 radical (unpaired) electrons. The van der Waals surface area contributed by atoms with Crippen molar-refractivity contribution in [2.75, 3.05) is 18.7 Å². The Hall–Kier alpha value is -4.52. The van der Waals surface area contributed by atoms with Crippen molar-refractivity contribution < 1.29 is 33.8 Å². The minimum atomic E-state index is -1.37. The number of nitrogens with one attached hydrogen (secondary N) is 2. The number of aromatic nitrogens is 3. The van der Waals surface area contributed by atoms with Gasteiger partial charge in [0, 0.05) is 30.0 Å². The molecule has 0 spiro atoms. The van der Waals surface area contributed by atoms with Gasteiger partial charge in [-0.25, -0.2) is 24.0 Å². The van der Waals surface area contributed by atoms with Crippen LogP contribution in [0.1, 0.15) is 65.0 Å². The number of aliphatic hydroxyl groups is 1. The number of rotatable bonds is 10. The summed E-state index contributed by atoms with van der Waals surface area (Å²) in [6, 6.07) is 4.97. The number of aryl methyl sites for hydroxylation is 2. The summed E-state index contributed by atoms with van der Waals surface area (Å²) in [6.07, 6.45) is 2.58. The van der Waals surface area contributed by atoms with E-state index in [1.54, 1.807) is 19.1 Å². The molecule has 2 heterocycles. The zero-order valence-corrected chi connectivity index (χ0v) is 22.8. The number of ether oxygens (including phenoxy) is 2. The van der Waals surface area contributed by atoms with Crippen molar-refractivity contribution in [3.63, 3.8) is 0 Å². The number of amides is 3. The number of hydrogen-bond donors (Lipinski definition) is 3. The van der Waals surface area contributed by atoms with Gasteiger partial charge >= 0.3 is 12.1 Å². The summed E-state index contributed by atoms with van der Waals surface area (Å²) in [5, 5.41) is 19.6. The van der Waals surface area contributed by atoms with E-state index in [1.165, 1.54) is 24.0 Å². The predicted octanol–water partition coefficient (Wildman–Crippen LogP) is 2.85.